The van der Waals surface area contributed by atoms with Crippen LogP contribution in [0.3, 0.4) is 0 Å². The number of para-hydroxylation sites is 1. The minimum absolute atomic E-state index is 0.862. The number of rotatable bonds is 11. The van der Waals surface area contributed by atoms with E-state index in [0.29, 0.717) is 0 Å². The van der Waals surface area contributed by atoms with Gasteiger partial charge in [0.05, 0.1) is 28.9 Å². The molecule has 3 aliphatic rings. The zero-order chi connectivity index (χ0) is 57.1. The number of aromatic nitrogens is 3. The largest absolute Gasteiger partial charge is 0.310 e. The van der Waals surface area contributed by atoms with Crippen molar-refractivity contribution >= 4 is 83.6 Å². The molecule has 3 aliphatic carbocycles. The van der Waals surface area contributed by atoms with Crippen molar-refractivity contribution in [2.24, 2.45) is 0 Å². The van der Waals surface area contributed by atoms with Gasteiger partial charge in [-0.2, -0.15) is 0 Å². The van der Waals surface area contributed by atoms with Gasteiger partial charge < -0.3 is 9.80 Å². The van der Waals surface area contributed by atoms with Crippen LogP contribution in [0.25, 0.3) is 121 Å². The van der Waals surface area contributed by atoms with Gasteiger partial charge in [-0.05, 0) is 208 Å². The molecule has 87 heavy (non-hydrogen) atoms. The lowest BCUT2D eigenvalue weighted by atomic mass is 9.96. The first kappa shape index (κ1) is 48.8. The number of benzene rings is 12. The number of fused-ring (bicyclic) bond motifs is 9. The summed E-state index contributed by atoms with van der Waals surface area (Å²) in [6.07, 6.45) is 9.43. The van der Waals surface area contributed by atoms with E-state index in [1.54, 1.807) is 0 Å². The molecule has 0 bridgehead atoms. The van der Waals surface area contributed by atoms with Gasteiger partial charge in [0.15, 0.2) is 0 Å². The molecule has 0 spiro atoms. The van der Waals surface area contributed by atoms with Gasteiger partial charge in [-0.3, -0.25) is 14.9 Å². The third-order valence-corrected chi connectivity index (χ3v) is 18.1. The van der Waals surface area contributed by atoms with E-state index < -0.39 is 0 Å². The van der Waals surface area contributed by atoms with E-state index in [9.17, 15) is 0 Å². The summed E-state index contributed by atoms with van der Waals surface area (Å²) in [5, 5.41) is 7.38. The summed E-state index contributed by atoms with van der Waals surface area (Å²) in [5.41, 5.74) is 28.1. The molecule has 12 aromatic carbocycles. The molecule has 404 valence electrons. The summed E-state index contributed by atoms with van der Waals surface area (Å²) in [6, 6.07) is 99.8. The van der Waals surface area contributed by atoms with Crippen molar-refractivity contribution < 1.29 is 0 Å². The third-order valence-electron chi connectivity index (χ3n) is 18.1. The van der Waals surface area contributed by atoms with Crippen LogP contribution in [-0.4, -0.2) is 15.0 Å². The molecular weight excluding hydrogens is 1060 g/mol. The lowest BCUT2D eigenvalue weighted by molar-refractivity contribution is 1.19. The van der Waals surface area contributed by atoms with Gasteiger partial charge in [0.1, 0.15) is 5.82 Å². The van der Waals surface area contributed by atoms with Gasteiger partial charge in [-0.15, -0.1) is 0 Å². The third kappa shape index (κ3) is 7.58. The Hall–Kier alpha value is -11.7. The Kier molecular flexibility index (Phi) is 10.9. The average Bonchev–Trinajstić information content (AvgIpc) is 1.76. The summed E-state index contributed by atoms with van der Waals surface area (Å²) in [5.74, 6) is 0.862. The molecule has 18 rings (SSSR count). The second-order valence-electron chi connectivity index (χ2n) is 22.7. The minimum atomic E-state index is 0.862. The Labute approximate surface area is 503 Å². The van der Waals surface area contributed by atoms with E-state index in [-0.39, 0.29) is 0 Å². The van der Waals surface area contributed by atoms with Crippen molar-refractivity contribution in [3.05, 3.63) is 304 Å². The molecule has 6 heteroatoms. The Morgan fingerprint density at radius 3 is 1.17 bits per heavy atom. The minimum Gasteiger partial charge on any atom is -0.310 e. The monoisotopic (exact) mass is 1110 g/mol. The zero-order valence-electron chi connectivity index (χ0n) is 47.1. The second kappa shape index (κ2) is 19.4. The fraction of sp³-hybridized carbons (Fsp3) is 0. The molecule has 0 amide bonds. The normalized spacial score (nSPS) is 11.9. The van der Waals surface area contributed by atoms with E-state index in [2.05, 4.69) is 281 Å². The van der Waals surface area contributed by atoms with Crippen molar-refractivity contribution in [3.63, 3.8) is 0 Å². The fourth-order valence-corrected chi connectivity index (χ4v) is 14.4. The molecule has 15 aromatic rings. The lowest BCUT2D eigenvalue weighted by Crippen LogP contribution is -2.12. The second-order valence-corrected chi connectivity index (χ2v) is 22.7. The van der Waals surface area contributed by atoms with E-state index in [1.165, 1.54) is 99.1 Å². The van der Waals surface area contributed by atoms with Crippen LogP contribution in [0.1, 0.15) is 0 Å². The first-order valence-corrected chi connectivity index (χ1v) is 29.6. The van der Waals surface area contributed by atoms with Crippen LogP contribution in [0.2, 0.25) is 0 Å². The standard InChI is InChI=1S/C81H50N6/c1-2-16-55(17-3-1)85(56-40-44-82-45-41-56)75-37-34-68-62-32-30-53(48-73(62)65-24-11-26-70(75)80(65)68)51-14-8-18-57(46-51)86(59-20-13-42-83-50-59)76-38-35-69-63-33-31-54(49-74(63)66-25-12-27-71(76)81(66)69)52-15-9-19-58(47-52)87(78-29-6-7-43-84-78)77-39-36-67-61-22-5-4-21-60(61)64-23-10-28-72(77)79(64)67/h1-50H. The quantitative estimate of drug-likeness (QED) is 0.129. The first-order chi connectivity index (χ1) is 43.2. The van der Waals surface area contributed by atoms with Gasteiger partial charge in [0.25, 0.3) is 0 Å². The average molecular weight is 1110 g/mol. The molecule has 0 atom stereocenters. The van der Waals surface area contributed by atoms with Crippen molar-refractivity contribution in [3.8, 4) is 89.0 Å². The summed E-state index contributed by atoms with van der Waals surface area (Å²) < 4.78 is 0. The van der Waals surface area contributed by atoms with E-state index >= 15 is 0 Å². The predicted octanol–water partition coefficient (Wildman–Crippen LogP) is 22.0. The maximum absolute atomic E-state index is 4.97. The van der Waals surface area contributed by atoms with Gasteiger partial charge in [-0.1, -0.05) is 170 Å². The van der Waals surface area contributed by atoms with Crippen LogP contribution in [-0.2, 0) is 0 Å². The molecule has 3 aromatic heterocycles. The molecule has 0 aliphatic heterocycles. The maximum Gasteiger partial charge on any atom is 0.137 e. The molecule has 6 nitrogen and oxygen atoms in total. The smallest absolute Gasteiger partial charge is 0.137 e. The number of hydrogen-bond acceptors (Lipinski definition) is 6. The highest BCUT2D eigenvalue weighted by atomic mass is 15.2. The van der Waals surface area contributed by atoms with Crippen LogP contribution in [0, 0.1) is 0 Å². The number of pyridine rings is 3. The molecule has 0 saturated carbocycles. The fourth-order valence-electron chi connectivity index (χ4n) is 14.4. The first-order valence-electron chi connectivity index (χ1n) is 29.6. The van der Waals surface area contributed by atoms with Crippen LogP contribution in [0.5, 0.6) is 0 Å². The summed E-state index contributed by atoms with van der Waals surface area (Å²) in [6.45, 7) is 0. The van der Waals surface area contributed by atoms with E-state index in [4.69, 9.17) is 9.97 Å². The highest BCUT2D eigenvalue weighted by Gasteiger charge is 2.30. The van der Waals surface area contributed by atoms with Crippen molar-refractivity contribution in [1.29, 1.82) is 0 Å². The van der Waals surface area contributed by atoms with Gasteiger partial charge in [0, 0.05) is 63.7 Å². The van der Waals surface area contributed by atoms with Gasteiger partial charge >= 0.3 is 0 Å². The summed E-state index contributed by atoms with van der Waals surface area (Å²) in [7, 11) is 0. The van der Waals surface area contributed by atoms with E-state index in [1.807, 2.05) is 43.1 Å². The molecule has 3 heterocycles. The molecule has 0 saturated heterocycles. The van der Waals surface area contributed by atoms with Crippen LogP contribution in [0.4, 0.5) is 51.3 Å². The molecule has 0 fully saturated rings. The van der Waals surface area contributed by atoms with Crippen molar-refractivity contribution in [2.75, 3.05) is 14.7 Å². The highest BCUT2D eigenvalue weighted by Crippen LogP contribution is 2.56. The van der Waals surface area contributed by atoms with Crippen LogP contribution < -0.4 is 14.7 Å². The molecule has 0 unspecified atom stereocenters. The molecular formula is C81H50N6. The molecule has 0 radical (unpaired) electrons. The van der Waals surface area contributed by atoms with Crippen molar-refractivity contribution in [2.45, 2.75) is 0 Å². The Morgan fingerprint density at radius 1 is 0.218 bits per heavy atom. The van der Waals surface area contributed by atoms with E-state index in [0.717, 1.165) is 73.6 Å². The SMILES string of the molecule is c1ccc(N(c2ccncc2)c2ccc3c4c(cccc24)-c2cc(-c4cccc(N(c5cccnc5)c5ccc6c7c(cccc57)-c5cc(-c7cccc(N(c8ccccn8)c8ccc9c%10c(cccc8%10)-c8ccccc8-9)c7)ccc5-6)c4)ccc2-3)cc1. The summed E-state index contributed by atoms with van der Waals surface area (Å²) >= 11 is 0. The van der Waals surface area contributed by atoms with Crippen LogP contribution in [0.15, 0.2) is 304 Å². The van der Waals surface area contributed by atoms with Gasteiger partial charge in [-0.25, -0.2) is 4.98 Å². The van der Waals surface area contributed by atoms with Crippen molar-refractivity contribution in [1.82, 2.24) is 15.0 Å². The van der Waals surface area contributed by atoms with Gasteiger partial charge in [0.2, 0.25) is 0 Å². The Bertz CT molecular complexity index is 5230. The topological polar surface area (TPSA) is 48.4 Å². The predicted molar refractivity (Wildman–Crippen MR) is 361 cm³/mol. The zero-order valence-corrected chi connectivity index (χ0v) is 47.1. The number of anilines is 9. The maximum atomic E-state index is 4.97. The van der Waals surface area contributed by atoms with Crippen LogP contribution >= 0.6 is 0 Å². The number of hydrogen-bond donors (Lipinski definition) is 0. The Morgan fingerprint density at radius 2 is 0.632 bits per heavy atom. The highest BCUT2D eigenvalue weighted by molar-refractivity contribution is 6.22. The number of nitrogens with zero attached hydrogens (tertiary/aromatic N) is 6. The molecule has 0 N–H and O–H groups in total. The lowest BCUT2D eigenvalue weighted by Gasteiger charge is -2.27. The summed E-state index contributed by atoms with van der Waals surface area (Å²) in [4.78, 5) is 21.0. The Balaban J connectivity index is 0.705.